The van der Waals surface area contributed by atoms with E-state index in [-0.39, 0.29) is 71.8 Å². The molecule has 3 aliphatic rings. The summed E-state index contributed by atoms with van der Waals surface area (Å²) in [7, 11) is 0. The summed E-state index contributed by atoms with van der Waals surface area (Å²) in [4.78, 5) is 70.0. The van der Waals surface area contributed by atoms with Crippen LogP contribution in [-0.2, 0) is 49.5 Å². The van der Waals surface area contributed by atoms with Gasteiger partial charge in [0.15, 0.2) is 11.6 Å². The molecule has 0 aliphatic carbocycles. The molecule has 9 rings (SSSR count). The Balaban J connectivity index is 0.935. The maximum absolute atomic E-state index is 14.6. The third kappa shape index (κ3) is 10.5. The molecule has 4 aromatic carbocycles. The molecule has 1 unspecified atom stereocenters. The summed E-state index contributed by atoms with van der Waals surface area (Å²) in [5.74, 6) is -5.07. The lowest BCUT2D eigenvalue weighted by molar-refractivity contribution is -0.223. The van der Waals surface area contributed by atoms with Crippen LogP contribution in [0.5, 0.6) is 0 Å². The van der Waals surface area contributed by atoms with Crippen molar-refractivity contribution in [3.63, 3.8) is 0 Å². The zero-order valence-electron chi connectivity index (χ0n) is 38.4. The summed E-state index contributed by atoms with van der Waals surface area (Å²) < 4.78 is 87.0. The Morgan fingerprint density at radius 2 is 1.74 bits per heavy atom. The lowest BCUT2D eigenvalue weighted by Gasteiger charge is -2.43. The normalized spacial score (nSPS) is 20.9. The molecule has 0 spiro atoms. The molecule has 19 nitrogen and oxygen atoms in total. The van der Waals surface area contributed by atoms with Gasteiger partial charge in [-0.15, -0.1) is 5.10 Å². The predicted molar refractivity (Wildman–Crippen MR) is 249 cm³/mol. The minimum absolute atomic E-state index is 0.0377. The molecule has 5 amide bonds. The van der Waals surface area contributed by atoms with Crippen LogP contribution >= 0.6 is 23.2 Å². The first kappa shape index (κ1) is 51.7. The highest BCUT2D eigenvalue weighted by molar-refractivity contribution is 6.31. The number of aliphatic hydroxyl groups is 2. The van der Waals surface area contributed by atoms with Crippen molar-refractivity contribution in [2.24, 2.45) is 0 Å². The van der Waals surface area contributed by atoms with E-state index in [0.717, 1.165) is 39.7 Å². The van der Waals surface area contributed by atoms with Gasteiger partial charge in [-0.2, -0.15) is 18.3 Å². The summed E-state index contributed by atoms with van der Waals surface area (Å²) >= 11 is 11.9. The van der Waals surface area contributed by atoms with E-state index in [1.807, 2.05) is 0 Å². The van der Waals surface area contributed by atoms with Crippen molar-refractivity contribution in [2.45, 2.75) is 82.0 Å². The average molecular weight is 1070 g/mol. The molecule has 6 atom stereocenters. The highest BCUT2D eigenvalue weighted by Gasteiger charge is 2.51. The second-order valence-corrected chi connectivity index (χ2v) is 18.2. The number of aryl methyl sites for hydroxylation is 1. The fraction of sp³-hybridized carbons (Fsp3) is 0.312. The topological polar surface area (TPSA) is 245 Å². The van der Waals surface area contributed by atoms with Crippen molar-refractivity contribution >= 4 is 58.4 Å². The molecular weight excluding hydrogens is 1030 g/mol. The number of carbonyl (C=O) groups is 5. The Hall–Kier alpha value is -7.22. The van der Waals surface area contributed by atoms with E-state index < -0.39 is 107 Å². The number of carbonyl (C=O) groups excluding carboxylic acids is 5. The number of nitrogens with one attached hydrogen (secondary N) is 3. The number of anilines is 1. The van der Waals surface area contributed by atoms with Gasteiger partial charge < -0.3 is 35.2 Å². The Bertz CT molecular complexity index is 3170. The van der Waals surface area contributed by atoms with Crippen molar-refractivity contribution in [1.82, 2.24) is 45.3 Å². The van der Waals surface area contributed by atoms with Gasteiger partial charge in [0, 0.05) is 53.3 Å². The lowest BCUT2D eigenvalue weighted by Crippen LogP contribution is -2.54. The summed E-state index contributed by atoms with van der Waals surface area (Å²) in [6, 6.07) is 13.2. The van der Waals surface area contributed by atoms with E-state index in [1.54, 1.807) is 37.3 Å². The van der Waals surface area contributed by atoms with Gasteiger partial charge in [0.2, 0.25) is 17.7 Å². The van der Waals surface area contributed by atoms with Crippen LogP contribution in [-0.4, -0.2) is 112 Å². The van der Waals surface area contributed by atoms with Gasteiger partial charge in [-0.3, -0.25) is 29.3 Å². The van der Waals surface area contributed by atoms with Gasteiger partial charge in [0.05, 0.1) is 24.1 Å². The molecule has 0 radical (unpaired) electrons. The van der Waals surface area contributed by atoms with Crippen LogP contribution in [0.25, 0.3) is 16.9 Å². The van der Waals surface area contributed by atoms with Crippen LogP contribution in [0.2, 0.25) is 10.0 Å². The average Bonchev–Trinajstić information content (AvgIpc) is 4.12. The quantitative estimate of drug-likeness (QED) is 0.0519. The number of alkyl halides is 3. The number of hydrogen-bond acceptors (Lipinski definition) is 13. The molecule has 3 aliphatic heterocycles. The number of hydrogen-bond donors (Lipinski definition) is 5. The number of nitrogens with zero attached hydrogens (tertiary/aromatic N) is 7. The predicted octanol–water partition coefficient (Wildman–Crippen LogP) is 5.44. The molecule has 0 saturated carbocycles. The second-order valence-electron chi connectivity index (χ2n) is 17.4. The van der Waals surface area contributed by atoms with Crippen molar-refractivity contribution in [3.8, 4) is 16.9 Å². The first-order chi connectivity index (χ1) is 35.3. The number of benzene rings is 4. The molecule has 74 heavy (non-hydrogen) atoms. The number of amides is 5. The highest BCUT2D eigenvalue weighted by atomic mass is 35.5. The van der Waals surface area contributed by atoms with E-state index in [1.165, 1.54) is 23.2 Å². The standard InChI is InChI=1S/C48H41Cl2F5N10O9/c1-2-36-58-44(65(61-36)34-16-26(49)7-10-29(34)48(53,54)55)43-42(40(41(69)35(20-66)74-43)64-19-32(60-62-64)24-14-30(51)39(50)31(52)15-24)73-21-38(68)56-17-22-3-5-23(6-4-22)45(70)57-27-8-9-28-25(13-27)18-63(47(28)72)33-11-12-37(67)59-46(33)71/h3-10,13-16,19,33,35,40-43,66,69H,2,11-12,17-18,20-21H2,1H3,(H,56,68)(H,57,70)(H,59,67,71)/t33?,35-,40+,41+,42-,43-/m1/s1. The number of aliphatic hydroxyl groups excluding tert-OH is 2. The van der Waals surface area contributed by atoms with Crippen LogP contribution in [0, 0.1) is 11.6 Å². The van der Waals surface area contributed by atoms with Crippen LogP contribution < -0.4 is 16.0 Å². The molecule has 2 saturated heterocycles. The van der Waals surface area contributed by atoms with Gasteiger partial charge in [-0.25, -0.2) is 23.1 Å². The fourth-order valence-electron chi connectivity index (χ4n) is 8.90. The van der Waals surface area contributed by atoms with Crippen molar-refractivity contribution < 1.29 is 65.6 Å². The third-order valence-electron chi connectivity index (χ3n) is 12.6. The number of halogens is 7. The van der Waals surface area contributed by atoms with Gasteiger partial charge in [0.1, 0.15) is 65.5 Å². The van der Waals surface area contributed by atoms with Gasteiger partial charge >= 0.3 is 6.18 Å². The number of fused-ring (bicyclic) bond motifs is 1. The molecular formula is C48H41Cl2F5N10O9. The van der Waals surface area contributed by atoms with Crippen molar-refractivity contribution in [3.05, 3.63) is 140 Å². The number of aromatic nitrogens is 6. The Kier molecular flexibility index (Phi) is 14.6. The third-order valence-corrected chi connectivity index (χ3v) is 13.2. The smallest absolute Gasteiger partial charge is 0.394 e. The van der Waals surface area contributed by atoms with E-state index in [9.17, 15) is 56.1 Å². The first-order valence-corrected chi connectivity index (χ1v) is 23.5. The van der Waals surface area contributed by atoms with Crippen molar-refractivity contribution in [2.75, 3.05) is 18.5 Å². The molecule has 6 aromatic rings. The Labute approximate surface area is 425 Å². The maximum atomic E-state index is 14.6. The minimum Gasteiger partial charge on any atom is -0.394 e. The van der Waals surface area contributed by atoms with Gasteiger partial charge in [-0.1, -0.05) is 47.5 Å². The zero-order valence-corrected chi connectivity index (χ0v) is 40.0. The summed E-state index contributed by atoms with van der Waals surface area (Å²) in [6.45, 7) is -0.000273. The largest absolute Gasteiger partial charge is 0.418 e. The SMILES string of the molecule is CCc1nc([C@@H]2O[C@H](CO)[C@H](O)[C@H](n3cc(-c4cc(F)c(Cl)c(F)c4)nn3)[C@H]2OCC(=O)NCc2ccc(C(=O)Nc3ccc4c(c3)CN(C3CCC(=O)NC3=O)C4=O)cc2)n(-c2cc(Cl)ccc2C(F)(F)F)n1. The molecule has 0 bridgehead atoms. The summed E-state index contributed by atoms with van der Waals surface area (Å²) in [6.07, 6.45) is -9.82. The Morgan fingerprint density at radius 1 is 1.00 bits per heavy atom. The lowest BCUT2D eigenvalue weighted by atomic mass is 9.91. The fourth-order valence-corrected chi connectivity index (χ4v) is 9.18. The highest BCUT2D eigenvalue weighted by Crippen LogP contribution is 2.43. The monoisotopic (exact) mass is 1070 g/mol. The van der Waals surface area contributed by atoms with Crippen LogP contribution in [0.15, 0.2) is 79.0 Å². The molecule has 5 N–H and O–H groups in total. The molecule has 386 valence electrons. The van der Waals surface area contributed by atoms with Crippen LogP contribution in [0.3, 0.4) is 0 Å². The van der Waals surface area contributed by atoms with Crippen LogP contribution in [0.1, 0.15) is 81.0 Å². The van der Waals surface area contributed by atoms with E-state index in [0.29, 0.717) is 22.4 Å². The number of piperidine rings is 1. The van der Waals surface area contributed by atoms with Crippen molar-refractivity contribution in [1.29, 1.82) is 0 Å². The second kappa shape index (κ2) is 21.0. The van der Waals surface area contributed by atoms with E-state index in [4.69, 9.17) is 32.7 Å². The molecule has 2 aromatic heterocycles. The number of rotatable bonds is 14. The number of ether oxygens (including phenoxy) is 2. The maximum Gasteiger partial charge on any atom is 0.418 e. The first-order valence-electron chi connectivity index (χ1n) is 22.7. The van der Waals surface area contributed by atoms with Gasteiger partial charge in [-0.05, 0) is 78.2 Å². The molecule has 2 fully saturated rings. The Morgan fingerprint density at radius 3 is 2.43 bits per heavy atom. The summed E-state index contributed by atoms with van der Waals surface area (Å²) in [5.41, 5.74) is 0.145. The zero-order chi connectivity index (χ0) is 52.7. The van der Waals surface area contributed by atoms with E-state index >= 15 is 0 Å². The molecule has 26 heteroatoms. The molecule has 5 heterocycles. The van der Waals surface area contributed by atoms with E-state index in [2.05, 4.69) is 36.3 Å². The number of imide groups is 1. The van der Waals surface area contributed by atoms with Gasteiger partial charge in [0.25, 0.3) is 11.8 Å². The summed E-state index contributed by atoms with van der Waals surface area (Å²) in [5, 5.41) is 41.5. The minimum atomic E-state index is -4.92. The van der Waals surface area contributed by atoms with Crippen LogP contribution in [0.4, 0.5) is 27.6 Å².